The molecule has 0 fully saturated rings. The number of nitrogens with zero attached hydrogens (tertiary/aromatic N) is 2. The first-order valence-corrected chi connectivity index (χ1v) is 6.61. The standard InChI is InChI=1S/C15H17N3O3/c1-10-9-12(15(21)17-8-6-14(19)20)11(2)18(10)13-5-3-4-7-16-13/h3-5,7,9H,6,8H2,1-2H3,(H,17,21)(H,19,20). The summed E-state index contributed by atoms with van der Waals surface area (Å²) >= 11 is 0. The summed E-state index contributed by atoms with van der Waals surface area (Å²) in [6, 6.07) is 7.36. The van der Waals surface area contributed by atoms with Gasteiger partial charge in [0, 0.05) is 24.1 Å². The maximum Gasteiger partial charge on any atom is 0.305 e. The molecule has 0 radical (unpaired) electrons. The topological polar surface area (TPSA) is 84.2 Å². The summed E-state index contributed by atoms with van der Waals surface area (Å²) in [6.45, 7) is 3.85. The van der Waals surface area contributed by atoms with Gasteiger partial charge in [0.05, 0.1) is 12.0 Å². The first-order chi connectivity index (χ1) is 10.0. The van der Waals surface area contributed by atoms with E-state index in [9.17, 15) is 9.59 Å². The molecule has 0 saturated carbocycles. The highest BCUT2D eigenvalue weighted by Crippen LogP contribution is 2.19. The Hall–Kier alpha value is -2.63. The minimum atomic E-state index is -0.936. The van der Waals surface area contributed by atoms with Crippen LogP contribution >= 0.6 is 0 Å². The lowest BCUT2D eigenvalue weighted by molar-refractivity contribution is -0.136. The summed E-state index contributed by atoms with van der Waals surface area (Å²) in [5, 5.41) is 11.2. The molecular weight excluding hydrogens is 270 g/mol. The summed E-state index contributed by atoms with van der Waals surface area (Å²) in [5.41, 5.74) is 2.21. The molecule has 0 unspecified atom stereocenters. The van der Waals surface area contributed by atoms with Gasteiger partial charge < -0.3 is 15.0 Å². The summed E-state index contributed by atoms with van der Waals surface area (Å²) in [5.74, 6) is -0.460. The van der Waals surface area contributed by atoms with Gasteiger partial charge in [0.2, 0.25) is 0 Å². The summed E-state index contributed by atoms with van der Waals surface area (Å²) in [7, 11) is 0. The molecule has 0 bridgehead atoms. The molecule has 0 aliphatic carbocycles. The van der Waals surface area contributed by atoms with Crippen LogP contribution in [0.2, 0.25) is 0 Å². The van der Waals surface area contributed by atoms with Gasteiger partial charge in [0.1, 0.15) is 5.82 Å². The molecule has 2 rings (SSSR count). The van der Waals surface area contributed by atoms with Gasteiger partial charge in [0.25, 0.3) is 5.91 Å². The number of hydrogen-bond acceptors (Lipinski definition) is 3. The monoisotopic (exact) mass is 287 g/mol. The summed E-state index contributed by atoms with van der Waals surface area (Å²) in [6.07, 6.45) is 1.60. The van der Waals surface area contributed by atoms with Gasteiger partial charge in [-0.1, -0.05) is 6.07 Å². The molecule has 1 amide bonds. The fourth-order valence-electron chi connectivity index (χ4n) is 2.21. The van der Waals surface area contributed by atoms with Gasteiger partial charge in [-0.2, -0.15) is 0 Å². The van der Waals surface area contributed by atoms with Crippen LogP contribution in [0.3, 0.4) is 0 Å². The van der Waals surface area contributed by atoms with Crippen LogP contribution in [0.5, 0.6) is 0 Å². The fourth-order valence-corrected chi connectivity index (χ4v) is 2.21. The maximum atomic E-state index is 12.1. The molecule has 110 valence electrons. The minimum absolute atomic E-state index is 0.0925. The first-order valence-electron chi connectivity index (χ1n) is 6.61. The van der Waals surface area contributed by atoms with Crippen LogP contribution in [0.25, 0.3) is 5.82 Å². The average molecular weight is 287 g/mol. The van der Waals surface area contributed by atoms with Crippen LogP contribution in [-0.2, 0) is 4.79 Å². The van der Waals surface area contributed by atoms with Crippen molar-refractivity contribution < 1.29 is 14.7 Å². The second-order valence-electron chi connectivity index (χ2n) is 4.71. The quantitative estimate of drug-likeness (QED) is 0.876. The Bertz CT molecular complexity index is 662. The highest BCUT2D eigenvalue weighted by atomic mass is 16.4. The van der Waals surface area contributed by atoms with Gasteiger partial charge in [-0.3, -0.25) is 9.59 Å². The molecule has 6 heteroatoms. The predicted molar refractivity (Wildman–Crippen MR) is 77.6 cm³/mol. The molecule has 2 aromatic heterocycles. The Morgan fingerprint density at radius 1 is 1.33 bits per heavy atom. The average Bonchev–Trinajstić information content (AvgIpc) is 2.74. The largest absolute Gasteiger partial charge is 0.481 e. The molecule has 0 atom stereocenters. The number of hydrogen-bond donors (Lipinski definition) is 2. The van der Waals surface area contributed by atoms with Gasteiger partial charge in [-0.25, -0.2) is 4.98 Å². The van der Waals surface area contributed by atoms with Crippen LogP contribution < -0.4 is 5.32 Å². The Kier molecular flexibility index (Phi) is 4.37. The zero-order chi connectivity index (χ0) is 15.4. The third-order valence-corrected chi connectivity index (χ3v) is 3.18. The number of pyridine rings is 1. The van der Waals surface area contributed by atoms with E-state index in [1.807, 2.05) is 36.6 Å². The zero-order valence-corrected chi connectivity index (χ0v) is 12.0. The van der Waals surface area contributed by atoms with E-state index in [1.165, 1.54) is 0 Å². The number of carbonyl (C=O) groups excluding carboxylic acids is 1. The van der Waals surface area contributed by atoms with Crippen molar-refractivity contribution in [3.8, 4) is 5.82 Å². The molecule has 2 N–H and O–H groups in total. The van der Waals surface area contributed by atoms with Crippen molar-refractivity contribution in [2.24, 2.45) is 0 Å². The third kappa shape index (κ3) is 3.28. The SMILES string of the molecule is Cc1cc(C(=O)NCCC(=O)O)c(C)n1-c1ccccn1. The fraction of sp³-hybridized carbons (Fsp3) is 0.267. The number of aryl methyl sites for hydroxylation is 1. The number of aliphatic carboxylic acids is 1. The van der Waals surface area contributed by atoms with Gasteiger partial charge in [-0.05, 0) is 32.0 Å². The molecular formula is C15H17N3O3. The molecule has 0 aromatic carbocycles. The predicted octanol–water partition coefficient (Wildman–Crippen LogP) is 1.69. The molecule has 0 spiro atoms. The van der Waals surface area contributed by atoms with E-state index in [1.54, 1.807) is 12.3 Å². The Balaban J connectivity index is 2.23. The zero-order valence-electron chi connectivity index (χ0n) is 12.0. The normalized spacial score (nSPS) is 10.4. The van der Waals surface area contributed by atoms with Crippen molar-refractivity contribution >= 4 is 11.9 Å². The first kappa shape index (κ1) is 14.8. The van der Waals surface area contributed by atoms with Crippen LogP contribution in [-0.4, -0.2) is 33.1 Å². The number of carbonyl (C=O) groups is 2. The smallest absolute Gasteiger partial charge is 0.305 e. The van der Waals surface area contributed by atoms with Crippen molar-refractivity contribution in [3.05, 3.63) is 47.4 Å². The lowest BCUT2D eigenvalue weighted by atomic mass is 10.2. The highest BCUT2D eigenvalue weighted by Gasteiger charge is 2.16. The van der Waals surface area contributed by atoms with Crippen molar-refractivity contribution in [3.63, 3.8) is 0 Å². The van der Waals surface area contributed by atoms with Gasteiger partial charge in [-0.15, -0.1) is 0 Å². The number of rotatable bonds is 5. The molecule has 21 heavy (non-hydrogen) atoms. The molecule has 2 aromatic rings. The lowest BCUT2D eigenvalue weighted by Crippen LogP contribution is -2.26. The lowest BCUT2D eigenvalue weighted by Gasteiger charge is -2.08. The van der Waals surface area contributed by atoms with Crippen molar-refractivity contribution in [2.45, 2.75) is 20.3 Å². The summed E-state index contributed by atoms with van der Waals surface area (Å²) in [4.78, 5) is 26.9. The van der Waals surface area contributed by atoms with E-state index in [-0.39, 0.29) is 18.9 Å². The third-order valence-electron chi connectivity index (χ3n) is 3.18. The van der Waals surface area contributed by atoms with E-state index in [2.05, 4.69) is 10.3 Å². The van der Waals surface area contributed by atoms with Crippen LogP contribution in [0, 0.1) is 13.8 Å². The maximum absolute atomic E-state index is 12.1. The number of carboxylic acid groups (broad SMARTS) is 1. The number of aromatic nitrogens is 2. The number of carboxylic acids is 1. The molecule has 0 aliphatic rings. The number of nitrogens with one attached hydrogen (secondary N) is 1. The van der Waals surface area contributed by atoms with Crippen LogP contribution in [0.1, 0.15) is 28.2 Å². The van der Waals surface area contributed by atoms with Crippen LogP contribution in [0.15, 0.2) is 30.5 Å². The second-order valence-corrected chi connectivity index (χ2v) is 4.71. The van der Waals surface area contributed by atoms with Gasteiger partial charge in [0.15, 0.2) is 0 Å². The van der Waals surface area contributed by atoms with Gasteiger partial charge >= 0.3 is 5.97 Å². The Morgan fingerprint density at radius 3 is 2.71 bits per heavy atom. The molecule has 0 saturated heterocycles. The number of amides is 1. The minimum Gasteiger partial charge on any atom is -0.481 e. The summed E-state index contributed by atoms with van der Waals surface area (Å²) < 4.78 is 1.89. The van der Waals surface area contributed by atoms with E-state index in [0.717, 1.165) is 17.2 Å². The second kappa shape index (κ2) is 6.21. The molecule has 2 heterocycles. The molecule has 0 aliphatic heterocycles. The van der Waals surface area contributed by atoms with E-state index < -0.39 is 5.97 Å². The van der Waals surface area contributed by atoms with Crippen LogP contribution in [0.4, 0.5) is 0 Å². The highest BCUT2D eigenvalue weighted by molar-refractivity contribution is 5.96. The Morgan fingerprint density at radius 2 is 2.10 bits per heavy atom. The molecule has 6 nitrogen and oxygen atoms in total. The van der Waals surface area contributed by atoms with Crippen molar-refractivity contribution in [1.29, 1.82) is 0 Å². The Labute approximate surface area is 122 Å². The van der Waals surface area contributed by atoms with E-state index in [4.69, 9.17) is 5.11 Å². The van der Waals surface area contributed by atoms with Crippen molar-refractivity contribution in [2.75, 3.05) is 6.54 Å². The van der Waals surface area contributed by atoms with E-state index in [0.29, 0.717) is 5.56 Å². The van der Waals surface area contributed by atoms with Crippen molar-refractivity contribution in [1.82, 2.24) is 14.9 Å². The van der Waals surface area contributed by atoms with E-state index >= 15 is 0 Å².